The molecule has 0 spiro atoms. The Bertz CT molecular complexity index is 889. The zero-order chi connectivity index (χ0) is 21.4. The third kappa shape index (κ3) is 3.98. The lowest BCUT2D eigenvalue weighted by Gasteiger charge is -2.24. The minimum absolute atomic E-state index is 0.0632. The van der Waals surface area contributed by atoms with Crippen LogP contribution in [0.3, 0.4) is 0 Å². The van der Waals surface area contributed by atoms with Gasteiger partial charge in [-0.15, -0.1) is 0 Å². The van der Waals surface area contributed by atoms with Crippen LogP contribution in [0.1, 0.15) is 31.8 Å². The van der Waals surface area contributed by atoms with Gasteiger partial charge in [0, 0.05) is 6.20 Å². The number of ether oxygens (including phenoxy) is 2. The Hall–Kier alpha value is -2.41. The van der Waals surface area contributed by atoms with E-state index in [1.54, 1.807) is 18.8 Å². The van der Waals surface area contributed by atoms with Crippen LogP contribution in [0, 0.1) is 5.92 Å². The SMILES string of the molecule is [2H][C@@]1(n2cc(C=O)c(=O)[nH]c2=O)O[C@](F)(COC(=O)[C@@H](N)C(C)C)[C@@H](O)[C@H]1O. The number of rotatable bonds is 6. The fraction of sp³-hybridized carbons (Fsp3) is 0.600. The summed E-state index contributed by atoms with van der Waals surface area (Å²) in [6, 6.07) is -1.09. The predicted molar refractivity (Wildman–Crippen MR) is 86.5 cm³/mol. The summed E-state index contributed by atoms with van der Waals surface area (Å²) in [5.41, 5.74) is 2.57. The third-order valence-corrected chi connectivity index (χ3v) is 4.00. The lowest BCUT2D eigenvalue weighted by atomic mass is 10.1. The average Bonchev–Trinajstić information content (AvgIpc) is 2.80. The van der Waals surface area contributed by atoms with Crippen molar-refractivity contribution in [1.29, 1.82) is 0 Å². The fourth-order valence-electron chi connectivity index (χ4n) is 2.24. The number of carbonyl (C=O) groups is 2. The molecule has 0 bridgehead atoms. The highest BCUT2D eigenvalue weighted by Gasteiger charge is 2.57. The van der Waals surface area contributed by atoms with Crippen molar-refractivity contribution < 1.29 is 35.0 Å². The Morgan fingerprint density at radius 1 is 1.59 bits per heavy atom. The van der Waals surface area contributed by atoms with E-state index in [0.29, 0.717) is 6.20 Å². The highest BCUT2D eigenvalue weighted by molar-refractivity contribution is 5.75. The zero-order valence-electron chi connectivity index (χ0n) is 15.4. The number of aromatic amines is 1. The highest BCUT2D eigenvalue weighted by atomic mass is 19.2. The summed E-state index contributed by atoms with van der Waals surface area (Å²) >= 11 is 0. The van der Waals surface area contributed by atoms with Gasteiger partial charge in [0.25, 0.3) is 11.4 Å². The minimum Gasteiger partial charge on any atom is -0.458 e. The number of aldehydes is 1. The lowest BCUT2D eigenvalue weighted by molar-refractivity contribution is -0.217. The maximum absolute atomic E-state index is 15.0. The van der Waals surface area contributed by atoms with Crippen molar-refractivity contribution in [3.63, 3.8) is 0 Å². The van der Waals surface area contributed by atoms with Crippen LogP contribution in [0.5, 0.6) is 0 Å². The van der Waals surface area contributed by atoms with Crippen LogP contribution < -0.4 is 17.0 Å². The van der Waals surface area contributed by atoms with Gasteiger partial charge < -0.3 is 25.4 Å². The normalized spacial score (nSPS) is 32.2. The van der Waals surface area contributed by atoms with Crippen LogP contribution in [0.2, 0.25) is 0 Å². The standard InChI is InChI=1S/C15H20FN3O8/c1-6(2)8(17)13(24)26-5-15(16)10(22)9(21)12(27-15)19-3-7(4-20)11(23)18-14(19)25/h3-4,6,8-10,12,21-22H,5,17H2,1-2H3,(H,18,23,25)/t8-,9+,10-,12+,15+/m0/s1/i12D. The number of carbonyl (C=O) groups excluding carboxylic acids is 2. The first kappa shape index (κ1) is 19.4. The third-order valence-electron chi connectivity index (χ3n) is 4.00. The summed E-state index contributed by atoms with van der Waals surface area (Å²) in [4.78, 5) is 47.8. The number of nitrogens with zero attached hydrogens (tertiary/aromatic N) is 1. The number of H-pyrrole nitrogens is 1. The number of aromatic nitrogens is 2. The molecular weight excluding hydrogens is 369 g/mol. The summed E-state index contributed by atoms with van der Waals surface area (Å²) < 4.78 is 32.8. The van der Waals surface area contributed by atoms with Gasteiger partial charge in [-0.3, -0.25) is 23.9 Å². The maximum atomic E-state index is 15.0. The molecule has 12 heteroatoms. The van der Waals surface area contributed by atoms with Crippen molar-refractivity contribution in [3.05, 3.63) is 32.6 Å². The number of esters is 1. The molecule has 0 unspecified atom stereocenters. The average molecular weight is 390 g/mol. The van der Waals surface area contributed by atoms with Gasteiger partial charge >= 0.3 is 11.7 Å². The van der Waals surface area contributed by atoms with Gasteiger partial charge in [-0.05, 0) is 5.92 Å². The molecule has 0 aliphatic carbocycles. The number of nitrogens with two attached hydrogens (primary N) is 1. The Morgan fingerprint density at radius 2 is 2.22 bits per heavy atom. The first-order valence-corrected chi connectivity index (χ1v) is 7.86. The van der Waals surface area contributed by atoms with Crippen LogP contribution in [-0.4, -0.2) is 62.7 Å². The van der Waals surface area contributed by atoms with E-state index < -0.39 is 59.7 Å². The highest BCUT2D eigenvalue weighted by Crippen LogP contribution is 2.38. The Kier molecular flexibility index (Phi) is 5.51. The summed E-state index contributed by atoms with van der Waals surface area (Å²) in [6.45, 7) is 2.00. The van der Waals surface area contributed by atoms with E-state index in [0.717, 1.165) is 0 Å². The second kappa shape index (κ2) is 7.68. The van der Waals surface area contributed by atoms with Crippen molar-refractivity contribution >= 4 is 12.3 Å². The number of aliphatic hydroxyl groups excluding tert-OH is 2. The first-order chi connectivity index (χ1) is 12.9. The Morgan fingerprint density at radius 3 is 2.78 bits per heavy atom. The molecule has 2 rings (SSSR count). The van der Waals surface area contributed by atoms with Crippen molar-refractivity contribution in [2.75, 3.05) is 6.61 Å². The topological polar surface area (TPSA) is 174 Å². The monoisotopic (exact) mass is 390 g/mol. The van der Waals surface area contributed by atoms with Crippen molar-refractivity contribution in [2.45, 2.75) is 44.2 Å². The number of aliphatic hydroxyl groups is 2. The van der Waals surface area contributed by atoms with Crippen molar-refractivity contribution in [3.8, 4) is 0 Å². The molecule has 0 radical (unpaired) electrons. The number of hydrogen-bond acceptors (Lipinski definition) is 9. The number of hydrogen-bond donors (Lipinski definition) is 4. The van der Waals surface area contributed by atoms with Gasteiger partial charge in [-0.2, -0.15) is 0 Å². The molecule has 2 heterocycles. The fourth-order valence-corrected chi connectivity index (χ4v) is 2.24. The van der Waals surface area contributed by atoms with E-state index in [9.17, 15) is 29.4 Å². The molecule has 150 valence electrons. The van der Waals surface area contributed by atoms with E-state index in [-0.39, 0.29) is 16.8 Å². The van der Waals surface area contributed by atoms with Crippen LogP contribution in [0.4, 0.5) is 4.39 Å². The van der Waals surface area contributed by atoms with E-state index in [1.807, 2.05) is 0 Å². The second-order valence-electron chi connectivity index (χ2n) is 6.33. The molecule has 1 aromatic rings. The van der Waals surface area contributed by atoms with Gasteiger partial charge in [0.2, 0.25) is 0 Å². The van der Waals surface area contributed by atoms with Crippen LogP contribution >= 0.6 is 0 Å². The molecule has 1 saturated heterocycles. The molecule has 0 saturated carbocycles. The molecule has 5 N–H and O–H groups in total. The molecule has 1 aromatic heterocycles. The van der Waals surface area contributed by atoms with E-state index in [4.69, 9.17) is 11.8 Å². The zero-order valence-corrected chi connectivity index (χ0v) is 14.4. The van der Waals surface area contributed by atoms with Gasteiger partial charge in [-0.25, -0.2) is 9.18 Å². The van der Waals surface area contributed by atoms with Crippen LogP contribution in [0.25, 0.3) is 0 Å². The Labute approximate surface area is 152 Å². The molecule has 0 amide bonds. The van der Waals surface area contributed by atoms with Gasteiger partial charge in [0.1, 0.15) is 18.2 Å². The number of nitrogens with one attached hydrogen (secondary N) is 1. The molecule has 27 heavy (non-hydrogen) atoms. The second-order valence-corrected chi connectivity index (χ2v) is 6.33. The molecule has 1 aliphatic rings. The lowest BCUT2D eigenvalue weighted by Crippen LogP contribution is -2.46. The summed E-state index contributed by atoms with van der Waals surface area (Å²) in [6.07, 6.45) is -7.10. The molecule has 1 fully saturated rings. The number of halogens is 1. The summed E-state index contributed by atoms with van der Waals surface area (Å²) in [5.74, 6) is -4.62. The van der Waals surface area contributed by atoms with E-state index in [2.05, 4.69) is 4.74 Å². The smallest absolute Gasteiger partial charge is 0.330 e. The molecule has 1 aliphatic heterocycles. The van der Waals surface area contributed by atoms with Crippen molar-refractivity contribution in [1.82, 2.24) is 9.55 Å². The molecule has 5 atom stereocenters. The minimum atomic E-state index is -3.27. The largest absolute Gasteiger partial charge is 0.458 e. The molecule has 11 nitrogen and oxygen atoms in total. The van der Waals surface area contributed by atoms with Gasteiger partial charge in [0.15, 0.2) is 19.1 Å². The van der Waals surface area contributed by atoms with Crippen LogP contribution in [-0.2, 0) is 14.3 Å². The van der Waals surface area contributed by atoms with Gasteiger partial charge in [-0.1, -0.05) is 13.8 Å². The van der Waals surface area contributed by atoms with Crippen molar-refractivity contribution in [2.24, 2.45) is 11.7 Å². The van der Waals surface area contributed by atoms with E-state index in [1.165, 1.54) is 0 Å². The first-order valence-electron chi connectivity index (χ1n) is 8.36. The number of alkyl halides is 1. The summed E-state index contributed by atoms with van der Waals surface area (Å²) in [5, 5.41) is 20.1. The van der Waals surface area contributed by atoms with Crippen LogP contribution in [0.15, 0.2) is 15.8 Å². The molecular formula is C15H20FN3O8. The maximum Gasteiger partial charge on any atom is 0.330 e. The Balaban J connectivity index is 2.35. The molecule has 0 aromatic carbocycles. The van der Waals surface area contributed by atoms with Gasteiger partial charge in [0.05, 0.1) is 6.93 Å². The quantitative estimate of drug-likeness (QED) is 0.310. The van der Waals surface area contributed by atoms with E-state index >= 15 is 4.39 Å². The predicted octanol–water partition coefficient (Wildman–Crippen LogP) is -2.21. The summed E-state index contributed by atoms with van der Waals surface area (Å²) in [7, 11) is 0.